The van der Waals surface area contributed by atoms with E-state index in [2.05, 4.69) is 0 Å². The molecule has 0 amide bonds. The third-order valence-electron chi connectivity index (χ3n) is 3.42. The van der Waals surface area contributed by atoms with Gasteiger partial charge in [0, 0.05) is 16.1 Å². The Labute approximate surface area is 124 Å². The van der Waals surface area contributed by atoms with Crippen LogP contribution < -0.4 is 4.74 Å². The molecule has 0 bridgehead atoms. The molecule has 0 fully saturated rings. The first-order chi connectivity index (χ1) is 9.43. The van der Waals surface area contributed by atoms with Gasteiger partial charge in [-0.1, -0.05) is 23.7 Å². The molecule has 2 rings (SSSR count). The quantitative estimate of drug-likeness (QED) is 0.777. The average Bonchev–Trinajstić information content (AvgIpc) is 2.43. The first-order valence-electron chi connectivity index (χ1n) is 6.40. The second-order valence-electron chi connectivity index (χ2n) is 4.93. The van der Waals surface area contributed by atoms with E-state index in [1.54, 1.807) is 13.2 Å². The van der Waals surface area contributed by atoms with E-state index in [0.717, 1.165) is 22.4 Å². The molecule has 0 saturated heterocycles. The summed E-state index contributed by atoms with van der Waals surface area (Å²) >= 11 is 6.09. The fourth-order valence-electron chi connectivity index (χ4n) is 2.14. The van der Waals surface area contributed by atoms with Gasteiger partial charge >= 0.3 is 0 Å². The van der Waals surface area contributed by atoms with Gasteiger partial charge in [0.2, 0.25) is 0 Å². The van der Waals surface area contributed by atoms with Crippen molar-refractivity contribution < 1.29 is 9.53 Å². The zero-order chi connectivity index (χ0) is 14.9. The highest BCUT2D eigenvalue weighted by atomic mass is 35.5. The number of aryl methyl sites for hydroxylation is 3. The molecule has 20 heavy (non-hydrogen) atoms. The van der Waals surface area contributed by atoms with E-state index < -0.39 is 0 Å². The number of hydrogen-bond donors (Lipinski definition) is 0. The molecular weight excluding hydrogens is 272 g/mol. The standard InChI is InChI=1S/C17H17ClO2/c1-10-5-6-13(9-15(10)18)17(19)14-7-12(3)16(20-4)8-11(14)2/h5-9H,1-4H3. The van der Waals surface area contributed by atoms with Crippen LogP contribution in [-0.2, 0) is 0 Å². The Morgan fingerprint density at radius 2 is 1.70 bits per heavy atom. The minimum absolute atomic E-state index is 0.0184. The molecule has 0 N–H and O–H groups in total. The molecule has 0 saturated carbocycles. The van der Waals surface area contributed by atoms with Crippen molar-refractivity contribution in [3.8, 4) is 5.75 Å². The fraction of sp³-hybridized carbons (Fsp3) is 0.235. The number of methoxy groups -OCH3 is 1. The summed E-state index contributed by atoms with van der Waals surface area (Å²) in [6, 6.07) is 9.14. The SMILES string of the molecule is COc1cc(C)c(C(=O)c2ccc(C)c(Cl)c2)cc1C. The van der Waals surface area contributed by atoms with Gasteiger partial charge in [0.05, 0.1) is 7.11 Å². The molecule has 0 aliphatic rings. The van der Waals surface area contributed by atoms with Crippen LogP contribution in [0.15, 0.2) is 30.3 Å². The van der Waals surface area contributed by atoms with Crippen LogP contribution in [0.5, 0.6) is 5.75 Å². The predicted molar refractivity (Wildman–Crippen MR) is 82.1 cm³/mol. The van der Waals surface area contributed by atoms with Crippen molar-refractivity contribution >= 4 is 17.4 Å². The van der Waals surface area contributed by atoms with Gasteiger partial charge in [0.15, 0.2) is 5.78 Å². The van der Waals surface area contributed by atoms with Crippen molar-refractivity contribution in [2.45, 2.75) is 20.8 Å². The maximum absolute atomic E-state index is 12.6. The van der Waals surface area contributed by atoms with Crippen LogP contribution in [-0.4, -0.2) is 12.9 Å². The maximum Gasteiger partial charge on any atom is 0.193 e. The molecule has 2 nitrogen and oxygen atoms in total. The summed E-state index contributed by atoms with van der Waals surface area (Å²) in [4.78, 5) is 12.6. The Morgan fingerprint density at radius 1 is 1.00 bits per heavy atom. The smallest absolute Gasteiger partial charge is 0.193 e. The number of rotatable bonds is 3. The second-order valence-corrected chi connectivity index (χ2v) is 5.34. The number of ether oxygens (including phenoxy) is 1. The van der Waals surface area contributed by atoms with E-state index in [-0.39, 0.29) is 5.78 Å². The normalized spacial score (nSPS) is 10.4. The fourth-order valence-corrected chi connectivity index (χ4v) is 2.32. The highest BCUT2D eigenvalue weighted by Crippen LogP contribution is 2.25. The zero-order valence-electron chi connectivity index (χ0n) is 12.1. The summed E-state index contributed by atoms with van der Waals surface area (Å²) in [6.07, 6.45) is 0. The molecule has 0 heterocycles. The number of carbonyl (C=O) groups is 1. The summed E-state index contributed by atoms with van der Waals surface area (Å²) in [5, 5.41) is 0.610. The van der Waals surface area contributed by atoms with Gasteiger partial charge in [-0.15, -0.1) is 0 Å². The zero-order valence-corrected chi connectivity index (χ0v) is 12.8. The number of ketones is 1. The molecule has 0 aliphatic heterocycles. The van der Waals surface area contributed by atoms with E-state index in [1.807, 2.05) is 45.0 Å². The molecule has 3 heteroatoms. The molecular formula is C17H17ClO2. The van der Waals surface area contributed by atoms with Crippen molar-refractivity contribution in [3.05, 3.63) is 63.2 Å². The van der Waals surface area contributed by atoms with E-state index in [1.165, 1.54) is 0 Å². The Morgan fingerprint density at radius 3 is 2.30 bits per heavy atom. The lowest BCUT2D eigenvalue weighted by atomic mass is 9.96. The largest absolute Gasteiger partial charge is 0.496 e. The molecule has 0 unspecified atom stereocenters. The maximum atomic E-state index is 12.6. The Hall–Kier alpha value is -1.80. The third kappa shape index (κ3) is 2.70. The first kappa shape index (κ1) is 14.6. The van der Waals surface area contributed by atoms with Crippen molar-refractivity contribution in [1.82, 2.24) is 0 Å². The van der Waals surface area contributed by atoms with Crippen molar-refractivity contribution in [1.29, 1.82) is 0 Å². The van der Waals surface area contributed by atoms with Crippen LogP contribution in [0.4, 0.5) is 0 Å². The van der Waals surface area contributed by atoms with Crippen molar-refractivity contribution in [2.24, 2.45) is 0 Å². The lowest BCUT2D eigenvalue weighted by molar-refractivity contribution is 0.103. The molecule has 0 spiro atoms. The van der Waals surface area contributed by atoms with Gasteiger partial charge < -0.3 is 4.74 Å². The van der Waals surface area contributed by atoms with Gasteiger partial charge in [0.1, 0.15) is 5.75 Å². The van der Waals surface area contributed by atoms with E-state index >= 15 is 0 Å². The van der Waals surface area contributed by atoms with Crippen LogP contribution in [0.25, 0.3) is 0 Å². The van der Waals surface area contributed by atoms with Crippen LogP contribution in [0.3, 0.4) is 0 Å². The van der Waals surface area contributed by atoms with Crippen LogP contribution in [0, 0.1) is 20.8 Å². The van der Waals surface area contributed by atoms with Crippen LogP contribution in [0.2, 0.25) is 5.02 Å². The summed E-state index contributed by atoms with van der Waals surface area (Å²) in [7, 11) is 1.63. The van der Waals surface area contributed by atoms with Gasteiger partial charge in [-0.25, -0.2) is 0 Å². The van der Waals surface area contributed by atoms with Gasteiger partial charge in [0.25, 0.3) is 0 Å². The molecule has 2 aromatic rings. The summed E-state index contributed by atoms with van der Waals surface area (Å²) in [6.45, 7) is 5.75. The summed E-state index contributed by atoms with van der Waals surface area (Å²) in [5.74, 6) is 0.774. The number of benzene rings is 2. The van der Waals surface area contributed by atoms with E-state index in [0.29, 0.717) is 16.1 Å². The minimum atomic E-state index is -0.0184. The second kappa shape index (κ2) is 5.68. The Kier molecular flexibility index (Phi) is 4.15. The van der Waals surface area contributed by atoms with Crippen molar-refractivity contribution in [3.63, 3.8) is 0 Å². The molecule has 0 radical (unpaired) electrons. The summed E-state index contributed by atoms with van der Waals surface area (Å²) in [5.41, 5.74) is 4.09. The lowest BCUT2D eigenvalue weighted by Crippen LogP contribution is -2.05. The highest BCUT2D eigenvalue weighted by molar-refractivity contribution is 6.31. The third-order valence-corrected chi connectivity index (χ3v) is 3.83. The Bertz CT molecular complexity index is 675. The molecule has 0 aromatic heterocycles. The molecule has 104 valence electrons. The number of hydrogen-bond acceptors (Lipinski definition) is 2. The van der Waals surface area contributed by atoms with Gasteiger partial charge in [-0.05, 0) is 55.7 Å². The van der Waals surface area contributed by atoms with Crippen LogP contribution >= 0.6 is 11.6 Å². The predicted octanol–water partition coefficient (Wildman–Crippen LogP) is 4.50. The van der Waals surface area contributed by atoms with E-state index in [9.17, 15) is 4.79 Å². The summed E-state index contributed by atoms with van der Waals surface area (Å²) < 4.78 is 5.27. The van der Waals surface area contributed by atoms with E-state index in [4.69, 9.17) is 16.3 Å². The topological polar surface area (TPSA) is 26.3 Å². The molecule has 2 aromatic carbocycles. The number of halogens is 1. The van der Waals surface area contributed by atoms with Crippen LogP contribution in [0.1, 0.15) is 32.6 Å². The average molecular weight is 289 g/mol. The molecule has 0 aliphatic carbocycles. The van der Waals surface area contributed by atoms with Crippen molar-refractivity contribution in [2.75, 3.05) is 7.11 Å². The number of carbonyl (C=O) groups excluding carboxylic acids is 1. The highest BCUT2D eigenvalue weighted by Gasteiger charge is 2.15. The lowest BCUT2D eigenvalue weighted by Gasteiger charge is -2.11. The Balaban J connectivity index is 2.48. The van der Waals surface area contributed by atoms with Gasteiger partial charge in [-0.2, -0.15) is 0 Å². The minimum Gasteiger partial charge on any atom is -0.496 e. The first-order valence-corrected chi connectivity index (χ1v) is 6.78. The molecule has 0 atom stereocenters. The monoisotopic (exact) mass is 288 g/mol. The van der Waals surface area contributed by atoms with Gasteiger partial charge in [-0.3, -0.25) is 4.79 Å².